The fourth-order valence-corrected chi connectivity index (χ4v) is 2.71. The van der Waals surface area contributed by atoms with Gasteiger partial charge in [0.15, 0.2) is 0 Å². The lowest BCUT2D eigenvalue weighted by Gasteiger charge is -2.12. The van der Waals surface area contributed by atoms with Crippen LogP contribution in [0.4, 0.5) is 16.2 Å². The van der Waals surface area contributed by atoms with Crippen molar-refractivity contribution in [1.82, 2.24) is 4.90 Å². The van der Waals surface area contributed by atoms with Gasteiger partial charge in [0, 0.05) is 18.7 Å². The fourth-order valence-electron chi connectivity index (χ4n) is 1.84. The van der Waals surface area contributed by atoms with Gasteiger partial charge in [-0.3, -0.25) is 19.3 Å². The van der Waals surface area contributed by atoms with Crippen molar-refractivity contribution in [2.45, 2.75) is 12.8 Å². The van der Waals surface area contributed by atoms with Crippen LogP contribution in [-0.4, -0.2) is 34.3 Å². The number of thioether (sulfide) groups is 1. The van der Waals surface area contributed by atoms with Crippen LogP contribution in [0.5, 0.6) is 0 Å². The van der Waals surface area contributed by atoms with E-state index in [1.54, 1.807) is 18.2 Å². The van der Waals surface area contributed by atoms with Crippen molar-refractivity contribution in [2.24, 2.45) is 0 Å². The largest absolute Gasteiger partial charge is 0.397 e. The van der Waals surface area contributed by atoms with E-state index in [-0.39, 0.29) is 35.8 Å². The van der Waals surface area contributed by atoms with Crippen molar-refractivity contribution in [3.8, 4) is 0 Å². The molecule has 0 spiro atoms. The molecule has 0 saturated carbocycles. The molecule has 112 valence electrons. The van der Waals surface area contributed by atoms with Crippen LogP contribution >= 0.6 is 23.4 Å². The third kappa shape index (κ3) is 4.12. The Morgan fingerprint density at radius 1 is 1.43 bits per heavy atom. The van der Waals surface area contributed by atoms with E-state index in [0.717, 1.165) is 11.8 Å². The first-order chi connectivity index (χ1) is 9.97. The molecule has 3 N–H and O–H groups in total. The first-order valence-electron chi connectivity index (χ1n) is 6.29. The molecule has 0 aliphatic carbocycles. The molecular weight excluding hydrogens is 314 g/mol. The molecule has 6 nitrogen and oxygen atoms in total. The van der Waals surface area contributed by atoms with Gasteiger partial charge in [0.05, 0.1) is 16.5 Å². The number of nitrogens with two attached hydrogens (primary N) is 1. The van der Waals surface area contributed by atoms with Gasteiger partial charge in [0.25, 0.3) is 5.24 Å². The van der Waals surface area contributed by atoms with E-state index in [9.17, 15) is 14.4 Å². The summed E-state index contributed by atoms with van der Waals surface area (Å²) in [6.45, 7) is 0.265. The van der Waals surface area contributed by atoms with Gasteiger partial charge in [-0.25, -0.2) is 0 Å². The van der Waals surface area contributed by atoms with Gasteiger partial charge in [0.1, 0.15) is 0 Å². The maximum atomic E-state index is 11.8. The van der Waals surface area contributed by atoms with Crippen molar-refractivity contribution >= 4 is 51.8 Å². The molecule has 8 heteroatoms. The van der Waals surface area contributed by atoms with Crippen molar-refractivity contribution in [3.05, 3.63) is 23.2 Å². The highest BCUT2D eigenvalue weighted by Crippen LogP contribution is 2.22. The smallest absolute Gasteiger partial charge is 0.288 e. The van der Waals surface area contributed by atoms with Gasteiger partial charge >= 0.3 is 0 Å². The van der Waals surface area contributed by atoms with Crippen molar-refractivity contribution in [2.75, 3.05) is 23.3 Å². The summed E-state index contributed by atoms with van der Waals surface area (Å²) in [4.78, 5) is 35.7. The molecule has 1 aliphatic rings. The van der Waals surface area contributed by atoms with Gasteiger partial charge in [-0.1, -0.05) is 23.4 Å². The van der Waals surface area contributed by atoms with Gasteiger partial charge in [0.2, 0.25) is 11.8 Å². The Hall–Kier alpha value is -1.73. The van der Waals surface area contributed by atoms with E-state index >= 15 is 0 Å². The molecule has 0 unspecified atom stereocenters. The summed E-state index contributed by atoms with van der Waals surface area (Å²) in [5, 5.41) is 2.87. The molecule has 0 atom stereocenters. The predicted octanol–water partition coefficient (Wildman–Crippen LogP) is 2.34. The molecule has 3 amide bonds. The zero-order valence-electron chi connectivity index (χ0n) is 11.1. The molecular formula is C13H14ClN3O3S. The van der Waals surface area contributed by atoms with E-state index in [1.807, 2.05) is 0 Å². The number of nitrogen functional groups attached to an aromatic ring is 1. The van der Waals surface area contributed by atoms with Crippen LogP contribution in [0.3, 0.4) is 0 Å². The van der Waals surface area contributed by atoms with Gasteiger partial charge in [-0.05, 0) is 24.6 Å². The number of benzene rings is 1. The van der Waals surface area contributed by atoms with E-state index in [4.69, 9.17) is 17.3 Å². The number of nitrogens with one attached hydrogen (secondary N) is 1. The fraction of sp³-hybridized carbons (Fsp3) is 0.308. The highest BCUT2D eigenvalue weighted by molar-refractivity contribution is 8.14. The second kappa shape index (κ2) is 6.82. The average Bonchev–Trinajstić information content (AvgIpc) is 2.74. The van der Waals surface area contributed by atoms with E-state index < -0.39 is 0 Å². The molecule has 1 heterocycles. The highest BCUT2D eigenvalue weighted by Gasteiger charge is 2.29. The minimum atomic E-state index is -0.245. The van der Waals surface area contributed by atoms with E-state index in [2.05, 4.69) is 5.32 Å². The Kier molecular flexibility index (Phi) is 5.08. The van der Waals surface area contributed by atoms with Crippen molar-refractivity contribution in [3.63, 3.8) is 0 Å². The zero-order valence-corrected chi connectivity index (χ0v) is 12.7. The average molecular weight is 328 g/mol. The highest BCUT2D eigenvalue weighted by atomic mass is 35.5. The van der Waals surface area contributed by atoms with Gasteiger partial charge in [-0.2, -0.15) is 0 Å². The number of hydrogen-bond donors (Lipinski definition) is 2. The van der Waals surface area contributed by atoms with E-state index in [1.165, 1.54) is 4.90 Å². The summed E-state index contributed by atoms with van der Waals surface area (Å²) >= 11 is 6.78. The number of anilines is 2. The molecule has 0 bridgehead atoms. The number of amides is 3. The lowest BCUT2D eigenvalue weighted by Crippen LogP contribution is -2.30. The lowest BCUT2D eigenvalue weighted by molar-refractivity contribution is -0.125. The van der Waals surface area contributed by atoms with Crippen LogP contribution in [0.15, 0.2) is 18.2 Å². The van der Waals surface area contributed by atoms with Crippen LogP contribution in [0, 0.1) is 0 Å². The Morgan fingerprint density at radius 2 is 2.19 bits per heavy atom. The topological polar surface area (TPSA) is 92.5 Å². The summed E-state index contributed by atoms with van der Waals surface area (Å²) in [7, 11) is 0. The zero-order chi connectivity index (χ0) is 15.4. The normalized spacial score (nSPS) is 14.6. The number of carbonyl (C=O) groups excluding carboxylic acids is 3. The quantitative estimate of drug-likeness (QED) is 0.810. The number of imide groups is 1. The number of carbonyl (C=O) groups is 3. The maximum Gasteiger partial charge on any atom is 0.288 e. The molecule has 1 saturated heterocycles. The SMILES string of the molecule is Nc1cc(NC(=O)CCCN2C(=O)CSC2=O)ccc1Cl. The summed E-state index contributed by atoms with van der Waals surface area (Å²) < 4.78 is 0. The molecule has 0 aromatic heterocycles. The molecule has 21 heavy (non-hydrogen) atoms. The standard InChI is InChI=1S/C13H14ClN3O3S/c14-9-4-3-8(6-10(9)15)16-11(18)2-1-5-17-12(19)7-21-13(17)20/h3-4,6H,1-2,5,7,15H2,(H,16,18). The molecule has 1 aromatic carbocycles. The second-order valence-electron chi connectivity index (χ2n) is 4.49. The number of halogens is 1. The molecule has 1 aliphatic heterocycles. The number of rotatable bonds is 5. The first kappa shape index (κ1) is 15.7. The number of hydrogen-bond acceptors (Lipinski definition) is 5. The lowest BCUT2D eigenvalue weighted by atomic mass is 10.2. The predicted molar refractivity (Wildman–Crippen MR) is 83.3 cm³/mol. The maximum absolute atomic E-state index is 11.8. The van der Waals surface area contributed by atoms with E-state index in [0.29, 0.717) is 22.8 Å². The first-order valence-corrected chi connectivity index (χ1v) is 7.65. The Labute approximate surface area is 131 Å². The van der Waals surface area contributed by atoms with Crippen LogP contribution in [0.2, 0.25) is 5.02 Å². The van der Waals surface area contributed by atoms with Crippen molar-refractivity contribution < 1.29 is 14.4 Å². The summed E-state index contributed by atoms with van der Waals surface area (Å²) in [6, 6.07) is 4.83. The third-order valence-electron chi connectivity index (χ3n) is 2.91. The summed E-state index contributed by atoms with van der Waals surface area (Å²) in [5.41, 5.74) is 6.59. The summed E-state index contributed by atoms with van der Waals surface area (Å²) in [6.07, 6.45) is 0.636. The summed E-state index contributed by atoms with van der Waals surface area (Å²) in [5.74, 6) is -0.214. The van der Waals surface area contributed by atoms with Crippen LogP contribution in [-0.2, 0) is 9.59 Å². The molecule has 0 radical (unpaired) electrons. The van der Waals surface area contributed by atoms with Crippen LogP contribution in [0.1, 0.15) is 12.8 Å². The second-order valence-corrected chi connectivity index (χ2v) is 5.82. The van der Waals surface area contributed by atoms with Crippen molar-refractivity contribution in [1.29, 1.82) is 0 Å². The Morgan fingerprint density at radius 3 is 2.81 bits per heavy atom. The Balaban J connectivity index is 1.78. The monoisotopic (exact) mass is 327 g/mol. The van der Waals surface area contributed by atoms with Crippen LogP contribution < -0.4 is 11.1 Å². The minimum absolute atomic E-state index is 0.190. The molecule has 2 rings (SSSR count). The van der Waals surface area contributed by atoms with Gasteiger partial charge in [-0.15, -0.1) is 0 Å². The number of nitrogens with zero attached hydrogens (tertiary/aromatic N) is 1. The third-order valence-corrected chi connectivity index (χ3v) is 4.11. The molecule has 1 aromatic rings. The molecule has 1 fully saturated rings. The van der Waals surface area contributed by atoms with Crippen LogP contribution in [0.25, 0.3) is 0 Å². The Bertz CT molecular complexity index is 578. The minimum Gasteiger partial charge on any atom is -0.397 e. The van der Waals surface area contributed by atoms with Gasteiger partial charge < -0.3 is 11.1 Å².